The highest BCUT2D eigenvalue weighted by Crippen LogP contribution is 2.14. The van der Waals surface area contributed by atoms with E-state index in [1.54, 1.807) is 0 Å². The highest BCUT2D eigenvalue weighted by atomic mass is 16.5. The fourth-order valence-corrected chi connectivity index (χ4v) is 1.39. The first-order valence-electron chi connectivity index (χ1n) is 4.30. The van der Waals surface area contributed by atoms with Crippen molar-refractivity contribution in [2.45, 2.75) is 13.5 Å². The normalized spacial score (nSPS) is 20.9. The summed E-state index contributed by atoms with van der Waals surface area (Å²) in [5, 5.41) is 3.11. The third kappa shape index (κ3) is 2.33. The molecule has 3 nitrogen and oxygen atoms in total. The van der Waals surface area contributed by atoms with E-state index in [4.69, 9.17) is 4.74 Å². The van der Waals surface area contributed by atoms with E-state index in [-0.39, 0.29) is 19.4 Å². The van der Waals surface area contributed by atoms with Gasteiger partial charge in [0.15, 0.2) is 0 Å². The SMILES string of the molecule is C.O=C1CN[C@H](c2ccccc2)CO1. The summed E-state index contributed by atoms with van der Waals surface area (Å²) in [5.41, 5.74) is 1.16. The van der Waals surface area contributed by atoms with Crippen molar-refractivity contribution in [2.75, 3.05) is 13.2 Å². The summed E-state index contributed by atoms with van der Waals surface area (Å²) >= 11 is 0. The molecule has 0 spiro atoms. The van der Waals surface area contributed by atoms with Crippen molar-refractivity contribution in [3.05, 3.63) is 35.9 Å². The number of ether oxygens (including phenoxy) is 1. The highest BCUT2D eigenvalue weighted by molar-refractivity contribution is 5.72. The maximum Gasteiger partial charge on any atom is 0.320 e. The molecule has 0 radical (unpaired) electrons. The van der Waals surface area contributed by atoms with Gasteiger partial charge in [0.25, 0.3) is 0 Å². The molecule has 0 bridgehead atoms. The summed E-state index contributed by atoms with van der Waals surface area (Å²) in [7, 11) is 0. The minimum absolute atomic E-state index is 0. The van der Waals surface area contributed by atoms with E-state index >= 15 is 0 Å². The average Bonchev–Trinajstić information content (AvgIpc) is 2.20. The summed E-state index contributed by atoms with van der Waals surface area (Å²) in [4.78, 5) is 10.8. The Morgan fingerprint density at radius 1 is 1.29 bits per heavy atom. The zero-order chi connectivity index (χ0) is 9.10. The lowest BCUT2D eigenvalue weighted by molar-refractivity contribution is -0.147. The second kappa shape index (κ2) is 4.77. The number of benzene rings is 1. The molecule has 0 unspecified atom stereocenters. The molecule has 1 atom stereocenters. The van der Waals surface area contributed by atoms with Crippen LogP contribution in [-0.4, -0.2) is 19.1 Å². The summed E-state index contributed by atoms with van der Waals surface area (Å²) in [5.74, 6) is -0.174. The van der Waals surface area contributed by atoms with Gasteiger partial charge < -0.3 is 4.74 Å². The van der Waals surface area contributed by atoms with E-state index in [1.165, 1.54) is 0 Å². The van der Waals surface area contributed by atoms with Crippen LogP contribution in [-0.2, 0) is 9.53 Å². The van der Waals surface area contributed by atoms with Crippen molar-refractivity contribution in [3.63, 3.8) is 0 Å². The number of carbonyl (C=O) groups is 1. The Morgan fingerprint density at radius 2 is 2.00 bits per heavy atom. The van der Waals surface area contributed by atoms with Gasteiger partial charge in [-0.15, -0.1) is 0 Å². The minimum Gasteiger partial charge on any atom is -0.463 e. The van der Waals surface area contributed by atoms with Gasteiger partial charge in [0.2, 0.25) is 0 Å². The van der Waals surface area contributed by atoms with Crippen LogP contribution in [0.15, 0.2) is 30.3 Å². The molecular formula is C11H15NO2. The van der Waals surface area contributed by atoms with E-state index in [9.17, 15) is 4.79 Å². The highest BCUT2D eigenvalue weighted by Gasteiger charge is 2.19. The fraction of sp³-hybridized carbons (Fsp3) is 0.364. The molecule has 1 aromatic carbocycles. The fourth-order valence-electron chi connectivity index (χ4n) is 1.39. The third-order valence-electron chi connectivity index (χ3n) is 2.11. The molecule has 14 heavy (non-hydrogen) atoms. The van der Waals surface area contributed by atoms with Crippen LogP contribution >= 0.6 is 0 Å². The molecule has 1 heterocycles. The molecule has 1 aliphatic rings. The van der Waals surface area contributed by atoms with Crippen molar-refractivity contribution in [2.24, 2.45) is 0 Å². The van der Waals surface area contributed by atoms with Crippen molar-refractivity contribution in [3.8, 4) is 0 Å². The van der Waals surface area contributed by atoms with Gasteiger partial charge in [0.05, 0.1) is 12.6 Å². The molecule has 0 aromatic heterocycles. The number of nitrogens with one attached hydrogen (secondary N) is 1. The van der Waals surface area contributed by atoms with Crippen LogP contribution in [0.1, 0.15) is 19.0 Å². The molecule has 1 aromatic rings. The van der Waals surface area contributed by atoms with Crippen LogP contribution in [0.2, 0.25) is 0 Å². The van der Waals surface area contributed by atoms with Crippen LogP contribution in [0, 0.1) is 0 Å². The van der Waals surface area contributed by atoms with E-state index in [1.807, 2.05) is 30.3 Å². The van der Waals surface area contributed by atoms with Crippen LogP contribution in [0.25, 0.3) is 0 Å². The monoisotopic (exact) mass is 193 g/mol. The Hall–Kier alpha value is -1.35. The molecule has 1 N–H and O–H groups in total. The van der Waals surface area contributed by atoms with Crippen LogP contribution in [0.3, 0.4) is 0 Å². The van der Waals surface area contributed by atoms with E-state index < -0.39 is 0 Å². The van der Waals surface area contributed by atoms with E-state index in [2.05, 4.69) is 5.32 Å². The molecule has 3 heteroatoms. The quantitative estimate of drug-likeness (QED) is 0.687. The molecule has 76 valence electrons. The number of hydrogen-bond donors (Lipinski definition) is 1. The van der Waals surface area contributed by atoms with Gasteiger partial charge >= 0.3 is 5.97 Å². The lowest BCUT2D eigenvalue weighted by Crippen LogP contribution is -2.38. The van der Waals surface area contributed by atoms with Gasteiger partial charge in [-0.2, -0.15) is 0 Å². The second-order valence-electron chi connectivity index (χ2n) is 3.03. The largest absolute Gasteiger partial charge is 0.463 e. The van der Waals surface area contributed by atoms with Crippen LogP contribution in [0.5, 0.6) is 0 Å². The number of morpholine rings is 1. The summed E-state index contributed by atoms with van der Waals surface area (Å²) in [6, 6.07) is 10.1. The molecule has 2 rings (SSSR count). The lowest BCUT2D eigenvalue weighted by Gasteiger charge is -2.23. The topological polar surface area (TPSA) is 38.3 Å². The lowest BCUT2D eigenvalue weighted by atomic mass is 10.1. The number of carbonyl (C=O) groups excluding carboxylic acids is 1. The predicted octanol–water partition coefficient (Wildman–Crippen LogP) is 1.51. The van der Waals surface area contributed by atoms with Crippen molar-refractivity contribution in [1.29, 1.82) is 0 Å². The van der Waals surface area contributed by atoms with Crippen LogP contribution in [0.4, 0.5) is 0 Å². The number of hydrogen-bond acceptors (Lipinski definition) is 3. The van der Waals surface area contributed by atoms with Crippen molar-refractivity contribution in [1.82, 2.24) is 5.32 Å². The Kier molecular flexibility index (Phi) is 3.65. The maximum absolute atomic E-state index is 10.8. The maximum atomic E-state index is 10.8. The van der Waals surface area contributed by atoms with Gasteiger partial charge in [-0.3, -0.25) is 10.1 Å². The summed E-state index contributed by atoms with van der Waals surface area (Å²) < 4.78 is 4.94. The van der Waals surface area contributed by atoms with Gasteiger partial charge in [0.1, 0.15) is 6.61 Å². The second-order valence-corrected chi connectivity index (χ2v) is 3.03. The summed E-state index contributed by atoms with van der Waals surface area (Å²) in [6.07, 6.45) is 0. The molecule has 1 fully saturated rings. The third-order valence-corrected chi connectivity index (χ3v) is 2.11. The van der Waals surface area contributed by atoms with Gasteiger partial charge in [-0.1, -0.05) is 37.8 Å². The van der Waals surface area contributed by atoms with Crippen molar-refractivity contribution >= 4 is 5.97 Å². The van der Waals surface area contributed by atoms with Crippen LogP contribution < -0.4 is 5.32 Å². The molecule has 0 amide bonds. The standard InChI is InChI=1S/C10H11NO2.CH4/c12-10-6-11-9(7-13-10)8-4-2-1-3-5-8;/h1-5,9,11H,6-7H2;1H4/t9-;/m0./s1. The first kappa shape index (κ1) is 10.7. The van der Waals surface area contributed by atoms with Gasteiger partial charge in [-0.05, 0) is 5.56 Å². The predicted molar refractivity (Wildman–Crippen MR) is 54.9 cm³/mol. The number of esters is 1. The zero-order valence-corrected chi connectivity index (χ0v) is 7.19. The number of rotatable bonds is 1. The first-order valence-corrected chi connectivity index (χ1v) is 4.30. The Bertz CT molecular complexity index is 287. The summed E-state index contributed by atoms with van der Waals surface area (Å²) in [6.45, 7) is 0.738. The van der Waals surface area contributed by atoms with Gasteiger partial charge in [-0.25, -0.2) is 0 Å². The molecule has 1 aliphatic heterocycles. The molecule has 1 saturated heterocycles. The van der Waals surface area contributed by atoms with Gasteiger partial charge in [0, 0.05) is 0 Å². The Balaban J connectivity index is 0.000000980. The smallest absolute Gasteiger partial charge is 0.320 e. The molecule has 0 saturated carbocycles. The molecule has 0 aliphatic carbocycles. The van der Waals surface area contributed by atoms with Crippen molar-refractivity contribution < 1.29 is 9.53 Å². The minimum atomic E-state index is -0.174. The zero-order valence-electron chi connectivity index (χ0n) is 7.19. The van der Waals surface area contributed by atoms with E-state index in [0.29, 0.717) is 13.2 Å². The number of cyclic esters (lactones) is 1. The van der Waals surface area contributed by atoms with E-state index in [0.717, 1.165) is 5.56 Å². The molecular weight excluding hydrogens is 178 g/mol. The Morgan fingerprint density at radius 3 is 2.57 bits per heavy atom. The average molecular weight is 193 g/mol. The first-order chi connectivity index (χ1) is 6.36. The Labute approximate surface area is 84.1 Å².